The molecule has 0 atom stereocenters. The van der Waals surface area contributed by atoms with Crippen LogP contribution in [0.3, 0.4) is 0 Å². The van der Waals surface area contributed by atoms with Crippen molar-refractivity contribution in [2.45, 2.75) is 40.7 Å². The fraction of sp³-hybridized carbons (Fsp3) is 0.240. The van der Waals surface area contributed by atoms with Gasteiger partial charge in [0.2, 0.25) is 0 Å². The van der Waals surface area contributed by atoms with Gasteiger partial charge in [0.1, 0.15) is 5.56 Å². The highest BCUT2D eigenvalue weighted by Gasteiger charge is 2.18. The summed E-state index contributed by atoms with van der Waals surface area (Å²) in [6, 6.07) is 16.5. The van der Waals surface area contributed by atoms with Gasteiger partial charge in [-0.3, -0.25) is 4.79 Å². The Bertz CT molecular complexity index is 1220. The third-order valence-corrected chi connectivity index (χ3v) is 5.66. The van der Waals surface area contributed by atoms with E-state index >= 15 is 0 Å². The highest BCUT2D eigenvalue weighted by molar-refractivity contribution is 5.99. The second-order valence-electron chi connectivity index (χ2n) is 7.83. The number of aryl methyl sites for hydroxylation is 4. The van der Waals surface area contributed by atoms with Crippen molar-refractivity contribution in [2.75, 3.05) is 0 Å². The zero-order chi connectivity index (χ0) is 21.3. The maximum absolute atomic E-state index is 12.8. The molecule has 2 heterocycles. The molecule has 4 aromatic rings. The maximum atomic E-state index is 12.8. The lowest BCUT2D eigenvalue weighted by Gasteiger charge is -2.13. The van der Waals surface area contributed by atoms with Gasteiger partial charge in [0.15, 0.2) is 5.65 Å². The highest BCUT2D eigenvalue weighted by Crippen LogP contribution is 2.21. The molecule has 2 aromatic carbocycles. The van der Waals surface area contributed by atoms with Crippen LogP contribution in [0.4, 0.5) is 0 Å². The lowest BCUT2D eigenvalue weighted by molar-refractivity contribution is 0.0952. The van der Waals surface area contributed by atoms with E-state index in [1.165, 1.54) is 16.7 Å². The van der Waals surface area contributed by atoms with E-state index in [9.17, 15) is 4.79 Å². The first-order valence-corrected chi connectivity index (χ1v) is 10.2. The van der Waals surface area contributed by atoms with Crippen LogP contribution < -0.4 is 5.32 Å². The van der Waals surface area contributed by atoms with Crippen LogP contribution in [-0.2, 0) is 13.0 Å². The predicted molar refractivity (Wildman–Crippen MR) is 119 cm³/mol. The van der Waals surface area contributed by atoms with Gasteiger partial charge in [-0.1, -0.05) is 54.1 Å². The fourth-order valence-electron chi connectivity index (χ4n) is 3.71. The van der Waals surface area contributed by atoms with Crippen LogP contribution in [0.2, 0.25) is 0 Å². The van der Waals surface area contributed by atoms with Crippen molar-refractivity contribution in [3.8, 4) is 0 Å². The minimum Gasteiger partial charge on any atom is -0.348 e. The quantitative estimate of drug-likeness (QED) is 0.539. The summed E-state index contributed by atoms with van der Waals surface area (Å²) < 4.78 is 1.78. The molecule has 0 spiro atoms. The summed E-state index contributed by atoms with van der Waals surface area (Å²) >= 11 is 0. The Labute approximate surface area is 176 Å². The second kappa shape index (κ2) is 8.11. The standard InChI is InChI=1S/C25H26N4O/c1-16-9-11-20(12-10-16)14-26-25(30)23-15-27-29-19(4)22(18(3)28-24(23)29)13-21-8-6-5-7-17(21)2/h5-12,15H,13-14H2,1-4H3,(H,26,30). The van der Waals surface area contributed by atoms with E-state index in [4.69, 9.17) is 4.98 Å². The van der Waals surface area contributed by atoms with E-state index in [2.05, 4.69) is 41.6 Å². The van der Waals surface area contributed by atoms with E-state index < -0.39 is 0 Å². The van der Waals surface area contributed by atoms with Crippen LogP contribution in [0.25, 0.3) is 5.65 Å². The molecule has 0 fully saturated rings. The molecule has 152 valence electrons. The summed E-state index contributed by atoms with van der Waals surface area (Å²) in [6.45, 7) is 8.68. The van der Waals surface area contributed by atoms with Crippen molar-refractivity contribution < 1.29 is 4.79 Å². The number of aromatic nitrogens is 3. The molecule has 30 heavy (non-hydrogen) atoms. The number of nitrogens with zero attached hydrogens (tertiary/aromatic N) is 3. The first-order chi connectivity index (χ1) is 14.4. The number of benzene rings is 2. The number of carbonyl (C=O) groups excluding carboxylic acids is 1. The number of fused-ring (bicyclic) bond motifs is 1. The average Bonchev–Trinajstić information content (AvgIpc) is 3.15. The van der Waals surface area contributed by atoms with Gasteiger partial charge < -0.3 is 5.32 Å². The van der Waals surface area contributed by atoms with Gasteiger partial charge in [-0.15, -0.1) is 0 Å². The number of carbonyl (C=O) groups is 1. The fourth-order valence-corrected chi connectivity index (χ4v) is 3.71. The Morgan fingerprint density at radius 1 is 1.00 bits per heavy atom. The van der Waals surface area contributed by atoms with Crippen molar-refractivity contribution >= 4 is 11.6 Å². The molecule has 0 bridgehead atoms. The average molecular weight is 399 g/mol. The number of rotatable bonds is 5. The Kier molecular flexibility index (Phi) is 5.36. The number of amides is 1. The SMILES string of the molecule is Cc1ccc(CNC(=O)c2cnn3c(C)c(Cc4ccccc4C)c(C)nc23)cc1. The van der Waals surface area contributed by atoms with Crippen LogP contribution in [0.5, 0.6) is 0 Å². The molecule has 0 aliphatic rings. The summed E-state index contributed by atoms with van der Waals surface area (Å²) in [7, 11) is 0. The zero-order valence-electron chi connectivity index (χ0n) is 17.9. The Balaban J connectivity index is 1.61. The van der Waals surface area contributed by atoms with E-state index in [0.717, 1.165) is 28.9 Å². The second-order valence-corrected chi connectivity index (χ2v) is 7.83. The molecule has 4 rings (SSSR count). The molecule has 0 unspecified atom stereocenters. The van der Waals surface area contributed by atoms with E-state index in [-0.39, 0.29) is 5.91 Å². The van der Waals surface area contributed by atoms with Crippen LogP contribution >= 0.6 is 0 Å². The molecule has 5 nitrogen and oxygen atoms in total. The summed E-state index contributed by atoms with van der Waals surface area (Å²) in [4.78, 5) is 17.5. The van der Waals surface area contributed by atoms with Crippen LogP contribution in [0, 0.1) is 27.7 Å². The van der Waals surface area contributed by atoms with Gasteiger partial charge in [0.05, 0.1) is 6.20 Å². The van der Waals surface area contributed by atoms with Crippen LogP contribution in [0.15, 0.2) is 54.7 Å². The van der Waals surface area contributed by atoms with Crippen LogP contribution in [-0.4, -0.2) is 20.5 Å². The summed E-state index contributed by atoms with van der Waals surface area (Å²) in [5.41, 5.74) is 8.97. The minimum absolute atomic E-state index is 0.163. The third kappa shape index (κ3) is 3.83. The molecule has 0 saturated carbocycles. The van der Waals surface area contributed by atoms with Gasteiger partial charge in [0, 0.05) is 24.4 Å². The number of nitrogens with one attached hydrogen (secondary N) is 1. The van der Waals surface area contributed by atoms with E-state index in [1.807, 2.05) is 45.0 Å². The van der Waals surface area contributed by atoms with Gasteiger partial charge in [-0.2, -0.15) is 5.10 Å². The lowest BCUT2D eigenvalue weighted by atomic mass is 9.99. The molecule has 5 heteroatoms. The van der Waals surface area contributed by atoms with E-state index in [1.54, 1.807) is 10.7 Å². The summed E-state index contributed by atoms with van der Waals surface area (Å²) in [5.74, 6) is -0.163. The predicted octanol–water partition coefficient (Wildman–Crippen LogP) is 4.48. The van der Waals surface area contributed by atoms with Gasteiger partial charge >= 0.3 is 0 Å². The molecule has 0 saturated heterocycles. The monoisotopic (exact) mass is 398 g/mol. The molecule has 1 N–H and O–H groups in total. The largest absolute Gasteiger partial charge is 0.348 e. The molecule has 0 radical (unpaired) electrons. The Morgan fingerprint density at radius 3 is 2.47 bits per heavy atom. The van der Waals surface area contributed by atoms with Crippen molar-refractivity contribution in [3.05, 3.63) is 99.5 Å². The summed E-state index contributed by atoms with van der Waals surface area (Å²) in [6.07, 6.45) is 2.40. The number of hydrogen-bond acceptors (Lipinski definition) is 3. The first kappa shape index (κ1) is 19.8. The maximum Gasteiger partial charge on any atom is 0.257 e. The van der Waals surface area contributed by atoms with Gasteiger partial charge in [-0.05, 0) is 49.9 Å². The molecule has 1 amide bonds. The molecule has 0 aliphatic carbocycles. The Hall–Kier alpha value is -3.47. The molecule has 2 aromatic heterocycles. The lowest BCUT2D eigenvalue weighted by Crippen LogP contribution is -2.23. The Morgan fingerprint density at radius 2 is 1.73 bits per heavy atom. The smallest absolute Gasteiger partial charge is 0.257 e. The van der Waals surface area contributed by atoms with Crippen molar-refractivity contribution in [1.29, 1.82) is 0 Å². The number of hydrogen-bond donors (Lipinski definition) is 1. The zero-order valence-corrected chi connectivity index (χ0v) is 17.9. The topological polar surface area (TPSA) is 59.3 Å². The van der Waals surface area contributed by atoms with E-state index in [0.29, 0.717) is 17.8 Å². The first-order valence-electron chi connectivity index (χ1n) is 10.2. The highest BCUT2D eigenvalue weighted by atomic mass is 16.1. The molecular weight excluding hydrogens is 372 g/mol. The molecule has 0 aliphatic heterocycles. The van der Waals surface area contributed by atoms with Gasteiger partial charge in [0.25, 0.3) is 5.91 Å². The minimum atomic E-state index is -0.163. The van der Waals surface area contributed by atoms with Crippen molar-refractivity contribution in [3.63, 3.8) is 0 Å². The summed E-state index contributed by atoms with van der Waals surface area (Å²) in [5, 5.41) is 7.45. The third-order valence-electron chi connectivity index (χ3n) is 5.66. The van der Waals surface area contributed by atoms with Crippen molar-refractivity contribution in [1.82, 2.24) is 19.9 Å². The van der Waals surface area contributed by atoms with Gasteiger partial charge in [-0.25, -0.2) is 9.50 Å². The van der Waals surface area contributed by atoms with Crippen LogP contribution in [0.1, 0.15) is 49.6 Å². The normalized spacial score (nSPS) is 11.1. The molecular formula is C25H26N4O. The van der Waals surface area contributed by atoms with Crippen molar-refractivity contribution in [2.24, 2.45) is 0 Å².